The Labute approximate surface area is 190 Å². The summed E-state index contributed by atoms with van der Waals surface area (Å²) in [6.07, 6.45) is 12.7. The van der Waals surface area contributed by atoms with Gasteiger partial charge in [0, 0.05) is 17.9 Å². The van der Waals surface area contributed by atoms with Crippen molar-refractivity contribution in [2.75, 3.05) is 12.3 Å². The van der Waals surface area contributed by atoms with E-state index in [1.807, 2.05) is 0 Å². The molecule has 30 heavy (non-hydrogen) atoms. The first-order valence-electron chi connectivity index (χ1n) is 12.7. The molecule has 0 aromatic heterocycles. The van der Waals surface area contributed by atoms with E-state index in [0.29, 0.717) is 0 Å². The second kappa shape index (κ2) is 13.1. The fraction of sp³-hybridized carbons (Fsp3) is 0.786. The summed E-state index contributed by atoms with van der Waals surface area (Å²) >= 11 is 0. The normalized spacial score (nSPS) is 14.6. The van der Waals surface area contributed by atoms with Crippen molar-refractivity contribution in [3.05, 3.63) is 29.3 Å². The first-order chi connectivity index (χ1) is 14.1. The van der Waals surface area contributed by atoms with Crippen LogP contribution in [-0.2, 0) is 10.8 Å². The third kappa shape index (κ3) is 8.18. The number of benzene rings is 1. The van der Waals surface area contributed by atoms with Crippen LogP contribution < -0.4 is 4.52 Å². The van der Waals surface area contributed by atoms with Gasteiger partial charge in [-0.25, -0.2) is 0 Å². The van der Waals surface area contributed by atoms with Crippen LogP contribution in [0.25, 0.3) is 0 Å². The van der Waals surface area contributed by atoms with Gasteiger partial charge in [-0.3, -0.25) is 0 Å². The highest BCUT2D eigenvalue weighted by Gasteiger charge is 2.28. The van der Waals surface area contributed by atoms with Crippen molar-refractivity contribution in [1.29, 1.82) is 0 Å². The maximum absolute atomic E-state index is 6.62. The lowest BCUT2D eigenvalue weighted by atomic mass is 9.74. The fourth-order valence-corrected chi connectivity index (χ4v) is 5.63. The van der Waals surface area contributed by atoms with Crippen molar-refractivity contribution >= 4 is 8.15 Å². The summed E-state index contributed by atoms with van der Waals surface area (Å²) in [4.78, 5) is 0. The Hall–Kier alpha value is -0.550. The van der Waals surface area contributed by atoms with Gasteiger partial charge in [0.25, 0.3) is 0 Å². The van der Waals surface area contributed by atoms with Gasteiger partial charge in [0.05, 0.1) is 8.15 Å². The summed E-state index contributed by atoms with van der Waals surface area (Å²) < 4.78 is 6.62. The van der Waals surface area contributed by atoms with Gasteiger partial charge in [0.1, 0.15) is 5.75 Å². The molecule has 0 saturated carbocycles. The predicted octanol–water partition coefficient (Wildman–Crippen LogP) is 9.85. The van der Waals surface area contributed by atoms with Crippen LogP contribution >= 0.6 is 8.15 Å². The highest BCUT2D eigenvalue weighted by Crippen LogP contribution is 2.45. The average molecular weight is 435 g/mol. The Balaban J connectivity index is 3.13. The van der Waals surface area contributed by atoms with Crippen LogP contribution in [0.3, 0.4) is 0 Å². The van der Waals surface area contributed by atoms with Crippen LogP contribution in [-0.4, -0.2) is 12.3 Å². The minimum atomic E-state index is -0.365. The molecule has 0 radical (unpaired) electrons. The number of hydrogen-bond donors (Lipinski definition) is 0. The summed E-state index contributed by atoms with van der Waals surface area (Å²) in [5, 5.41) is 0. The summed E-state index contributed by atoms with van der Waals surface area (Å²) in [6, 6.07) is 7.13. The fourth-order valence-electron chi connectivity index (χ4n) is 4.16. The SMILES string of the molecule is CCCCC(CC)CCC(C)(C)c1ccc(OP(CC)CCC)c(C(C)(C)CC)c1. The Morgan fingerprint density at radius 2 is 1.60 bits per heavy atom. The molecule has 0 amide bonds. The molecule has 0 aliphatic heterocycles. The van der Waals surface area contributed by atoms with E-state index in [-0.39, 0.29) is 19.0 Å². The lowest BCUT2D eigenvalue weighted by Crippen LogP contribution is -2.22. The molecule has 1 aromatic rings. The molecule has 0 saturated heterocycles. The van der Waals surface area contributed by atoms with E-state index in [0.717, 1.165) is 24.3 Å². The maximum Gasteiger partial charge on any atom is 0.127 e. The van der Waals surface area contributed by atoms with Gasteiger partial charge in [-0.05, 0) is 54.1 Å². The van der Waals surface area contributed by atoms with E-state index in [1.165, 1.54) is 62.2 Å². The number of hydrogen-bond acceptors (Lipinski definition) is 1. The summed E-state index contributed by atoms with van der Waals surface area (Å²) in [6.45, 7) is 21.1. The van der Waals surface area contributed by atoms with E-state index in [2.05, 4.69) is 80.5 Å². The van der Waals surface area contributed by atoms with Crippen molar-refractivity contribution in [3.8, 4) is 5.75 Å². The second-order valence-electron chi connectivity index (χ2n) is 10.4. The third-order valence-corrected chi connectivity index (χ3v) is 9.25. The van der Waals surface area contributed by atoms with Crippen molar-refractivity contribution in [2.45, 2.75) is 125 Å². The maximum atomic E-state index is 6.62. The van der Waals surface area contributed by atoms with Crippen LogP contribution in [0.5, 0.6) is 5.75 Å². The molecule has 0 spiro atoms. The van der Waals surface area contributed by atoms with Crippen LogP contribution in [0.4, 0.5) is 0 Å². The molecule has 2 heteroatoms. The first kappa shape index (κ1) is 27.5. The Bertz CT molecular complexity index is 605. The van der Waals surface area contributed by atoms with Crippen molar-refractivity contribution in [3.63, 3.8) is 0 Å². The Kier molecular flexibility index (Phi) is 12.0. The van der Waals surface area contributed by atoms with E-state index in [1.54, 1.807) is 0 Å². The standard InChI is InChI=1S/C28H51OP/c1-10-15-16-23(12-3)19-20-28(8,9)24-17-18-26(29-30(14-5)21-11-2)25(22-24)27(6,7)13-4/h17-18,22-23H,10-16,19-21H2,1-9H3. The van der Waals surface area contributed by atoms with Gasteiger partial charge in [0.2, 0.25) is 0 Å². The molecule has 0 aliphatic carbocycles. The zero-order chi connectivity index (χ0) is 22.8. The second-order valence-corrected chi connectivity index (χ2v) is 12.6. The van der Waals surface area contributed by atoms with Crippen LogP contribution in [0.1, 0.15) is 125 Å². The van der Waals surface area contributed by atoms with E-state index < -0.39 is 0 Å². The van der Waals surface area contributed by atoms with Gasteiger partial charge < -0.3 is 4.52 Å². The zero-order valence-electron chi connectivity index (χ0n) is 21.7. The van der Waals surface area contributed by atoms with Crippen molar-refractivity contribution < 1.29 is 4.52 Å². The highest BCUT2D eigenvalue weighted by molar-refractivity contribution is 7.52. The Morgan fingerprint density at radius 1 is 0.900 bits per heavy atom. The molecule has 1 aromatic carbocycles. The lowest BCUT2D eigenvalue weighted by molar-refractivity contribution is 0.352. The van der Waals surface area contributed by atoms with Crippen LogP contribution in [0, 0.1) is 5.92 Å². The Morgan fingerprint density at radius 3 is 2.13 bits per heavy atom. The first-order valence-corrected chi connectivity index (χ1v) is 14.4. The van der Waals surface area contributed by atoms with Crippen molar-refractivity contribution in [1.82, 2.24) is 0 Å². The lowest BCUT2D eigenvalue weighted by Gasteiger charge is -2.32. The molecule has 2 unspecified atom stereocenters. The van der Waals surface area contributed by atoms with Gasteiger partial charge in [-0.1, -0.05) is 100 Å². The monoisotopic (exact) mass is 434 g/mol. The minimum Gasteiger partial charge on any atom is -0.474 e. The molecular formula is C28H51OP. The van der Waals surface area contributed by atoms with Gasteiger partial charge in [0.15, 0.2) is 0 Å². The molecule has 1 nitrogen and oxygen atoms in total. The molecule has 0 aliphatic rings. The molecule has 0 N–H and O–H groups in total. The van der Waals surface area contributed by atoms with E-state index in [4.69, 9.17) is 4.52 Å². The predicted molar refractivity (Wildman–Crippen MR) is 139 cm³/mol. The van der Waals surface area contributed by atoms with E-state index >= 15 is 0 Å². The minimum absolute atomic E-state index is 0.134. The van der Waals surface area contributed by atoms with E-state index in [9.17, 15) is 0 Å². The molecule has 0 fully saturated rings. The van der Waals surface area contributed by atoms with Gasteiger partial charge >= 0.3 is 0 Å². The summed E-state index contributed by atoms with van der Waals surface area (Å²) in [5.74, 6) is 2.01. The van der Waals surface area contributed by atoms with Crippen molar-refractivity contribution in [2.24, 2.45) is 5.92 Å². The molecule has 0 heterocycles. The molecule has 1 rings (SSSR count). The smallest absolute Gasteiger partial charge is 0.127 e. The van der Waals surface area contributed by atoms with Gasteiger partial charge in [-0.15, -0.1) is 0 Å². The molecule has 0 bridgehead atoms. The molecule has 174 valence electrons. The molecular weight excluding hydrogens is 383 g/mol. The van der Waals surface area contributed by atoms with Gasteiger partial charge in [-0.2, -0.15) is 0 Å². The third-order valence-electron chi connectivity index (χ3n) is 7.15. The van der Waals surface area contributed by atoms with Crippen LogP contribution in [0.2, 0.25) is 0 Å². The van der Waals surface area contributed by atoms with Crippen LogP contribution in [0.15, 0.2) is 18.2 Å². The largest absolute Gasteiger partial charge is 0.474 e. The molecule has 2 atom stereocenters. The number of rotatable bonds is 15. The highest BCUT2D eigenvalue weighted by atomic mass is 31.1. The average Bonchev–Trinajstić information content (AvgIpc) is 2.73. The zero-order valence-corrected chi connectivity index (χ0v) is 22.6. The quantitative estimate of drug-likeness (QED) is 0.249. The summed E-state index contributed by atoms with van der Waals surface area (Å²) in [7, 11) is -0.365. The topological polar surface area (TPSA) is 9.23 Å². The number of unbranched alkanes of at least 4 members (excludes halogenated alkanes) is 1. The summed E-state index contributed by atoms with van der Waals surface area (Å²) in [5.41, 5.74) is 3.23.